The number of hydrogen-bond donors (Lipinski definition) is 2. The molecule has 0 aromatic heterocycles. The van der Waals surface area contributed by atoms with E-state index in [0.717, 1.165) is 87.7 Å². The molecule has 0 saturated carbocycles. The lowest BCUT2D eigenvalue weighted by Gasteiger charge is -2.25. The lowest BCUT2D eigenvalue weighted by molar-refractivity contribution is 0.286. The highest BCUT2D eigenvalue weighted by atomic mass is 16.3. The molecule has 0 saturated heterocycles. The van der Waals surface area contributed by atoms with Crippen LogP contribution >= 0.6 is 0 Å². The van der Waals surface area contributed by atoms with Crippen molar-refractivity contribution >= 4 is 0 Å². The normalized spacial score (nSPS) is 12.0. The molecule has 2 aromatic rings. The molecule has 0 amide bonds. The van der Waals surface area contributed by atoms with Gasteiger partial charge in [-0.2, -0.15) is 0 Å². The van der Waals surface area contributed by atoms with Gasteiger partial charge in [0, 0.05) is 48.4 Å². The van der Waals surface area contributed by atoms with E-state index in [9.17, 15) is 10.2 Å². The SMILES string of the molecule is CCN(CC)Cc1cc(CN(CC)CC)c(O)c(-c2cc(CN(CC)CC)cc(CN(CC)CC)c2O)c1. The third kappa shape index (κ3) is 8.44. The van der Waals surface area contributed by atoms with E-state index >= 15 is 0 Å². The van der Waals surface area contributed by atoms with Crippen LogP contribution in [0.25, 0.3) is 11.1 Å². The van der Waals surface area contributed by atoms with Crippen LogP contribution in [0, 0.1) is 0 Å². The van der Waals surface area contributed by atoms with E-state index in [-0.39, 0.29) is 11.5 Å². The van der Waals surface area contributed by atoms with Crippen molar-refractivity contribution in [2.75, 3.05) is 52.4 Å². The smallest absolute Gasteiger partial charge is 0.128 e. The molecule has 2 aromatic carbocycles. The number of rotatable bonds is 17. The van der Waals surface area contributed by atoms with E-state index in [1.807, 2.05) is 0 Å². The van der Waals surface area contributed by atoms with Gasteiger partial charge in [-0.15, -0.1) is 0 Å². The Kier molecular flexibility index (Phi) is 13.6. The first-order valence-electron chi connectivity index (χ1n) is 14.9. The zero-order valence-electron chi connectivity index (χ0n) is 25.5. The molecule has 214 valence electrons. The molecule has 0 aliphatic rings. The van der Waals surface area contributed by atoms with Gasteiger partial charge in [-0.25, -0.2) is 0 Å². The van der Waals surface area contributed by atoms with Gasteiger partial charge in [-0.3, -0.25) is 19.6 Å². The highest BCUT2D eigenvalue weighted by molar-refractivity contribution is 5.79. The average molecular weight is 527 g/mol. The summed E-state index contributed by atoms with van der Waals surface area (Å²) < 4.78 is 0. The molecule has 38 heavy (non-hydrogen) atoms. The Hall–Kier alpha value is -2.12. The number of phenolic OH excluding ortho intramolecular Hbond substituents is 2. The van der Waals surface area contributed by atoms with Gasteiger partial charge in [-0.1, -0.05) is 55.4 Å². The first-order valence-corrected chi connectivity index (χ1v) is 14.9. The maximum atomic E-state index is 11.6. The third-order valence-electron chi connectivity index (χ3n) is 7.97. The number of phenols is 2. The molecule has 6 heteroatoms. The topological polar surface area (TPSA) is 53.4 Å². The van der Waals surface area contributed by atoms with Crippen LogP contribution in [0.2, 0.25) is 0 Å². The summed E-state index contributed by atoms with van der Waals surface area (Å²) in [5, 5.41) is 23.3. The average Bonchev–Trinajstić information content (AvgIpc) is 2.94. The molecule has 0 aliphatic carbocycles. The number of nitrogens with zero attached hydrogens (tertiary/aromatic N) is 4. The maximum Gasteiger partial charge on any atom is 0.128 e. The Morgan fingerprint density at radius 3 is 0.947 bits per heavy atom. The fourth-order valence-electron chi connectivity index (χ4n) is 5.14. The van der Waals surface area contributed by atoms with E-state index in [1.165, 1.54) is 11.1 Å². The predicted molar refractivity (Wildman–Crippen MR) is 162 cm³/mol. The minimum atomic E-state index is 0.282. The lowest BCUT2D eigenvalue weighted by atomic mass is 9.93. The minimum Gasteiger partial charge on any atom is -0.507 e. The van der Waals surface area contributed by atoms with Crippen LogP contribution in [0.5, 0.6) is 11.5 Å². The van der Waals surface area contributed by atoms with Gasteiger partial charge in [0.1, 0.15) is 11.5 Å². The van der Waals surface area contributed by atoms with Crippen molar-refractivity contribution in [1.29, 1.82) is 0 Å². The van der Waals surface area contributed by atoms with E-state index in [1.54, 1.807) is 0 Å². The minimum absolute atomic E-state index is 0.282. The van der Waals surface area contributed by atoms with Gasteiger partial charge in [-0.05, 0) is 87.8 Å². The lowest BCUT2D eigenvalue weighted by Crippen LogP contribution is -2.24. The molecule has 0 atom stereocenters. The zero-order valence-corrected chi connectivity index (χ0v) is 25.5. The molecule has 0 spiro atoms. The first kappa shape index (κ1) is 32.1. The van der Waals surface area contributed by atoms with E-state index in [4.69, 9.17) is 0 Å². The second-order valence-electron chi connectivity index (χ2n) is 10.1. The fraction of sp³-hybridized carbons (Fsp3) is 0.625. The number of hydrogen-bond acceptors (Lipinski definition) is 6. The predicted octanol–water partition coefficient (Wildman–Crippen LogP) is 6.13. The van der Waals surface area contributed by atoms with Gasteiger partial charge in [0.2, 0.25) is 0 Å². The van der Waals surface area contributed by atoms with Crippen LogP contribution in [0.3, 0.4) is 0 Å². The van der Waals surface area contributed by atoms with Crippen molar-refractivity contribution in [1.82, 2.24) is 19.6 Å². The summed E-state index contributed by atoms with van der Waals surface area (Å²) in [5.74, 6) is 0.563. The molecule has 0 aliphatic heterocycles. The molecule has 0 fully saturated rings. The van der Waals surface area contributed by atoms with Crippen LogP contribution in [0.1, 0.15) is 77.6 Å². The van der Waals surface area contributed by atoms with Gasteiger partial charge in [0.05, 0.1) is 0 Å². The third-order valence-corrected chi connectivity index (χ3v) is 7.97. The van der Waals surface area contributed by atoms with Gasteiger partial charge >= 0.3 is 0 Å². The molecule has 2 rings (SSSR count). The summed E-state index contributed by atoms with van der Waals surface area (Å²) >= 11 is 0. The van der Waals surface area contributed by atoms with Crippen molar-refractivity contribution in [2.24, 2.45) is 0 Å². The second-order valence-corrected chi connectivity index (χ2v) is 10.1. The van der Waals surface area contributed by atoms with Crippen molar-refractivity contribution in [2.45, 2.75) is 81.6 Å². The Morgan fingerprint density at radius 1 is 0.421 bits per heavy atom. The van der Waals surface area contributed by atoms with E-state index in [2.05, 4.69) is 99.3 Å². The summed E-state index contributed by atoms with van der Waals surface area (Å²) in [4.78, 5) is 9.42. The number of benzene rings is 2. The van der Waals surface area contributed by atoms with Crippen molar-refractivity contribution in [3.05, 3.63) is 46.5 Å². The monoisotopic (exact) mass is 526 g/mol. The quantitative estimate of drug-likeness (QED) is 0.259. The molecule has 6 nitrogen and oxygen atoms in total. The first-order chi connectivity index (χ1) is 18.3. The maximum absolute atomic E-state index is 11.6. The molecule has 0 radical (unpaired) electrons. The van der Waals surface area contributed by atoms with Crippen molar-refractivity contribution < 1.29 is 10.2 Å². The Balaban J connectivity index is 2.76. The highest BCUT2D eigenvalue weighted by Crippen LogP contribution is 2.42. The van der Waals surface area contributed by atoms with Crippen molar-refractivity contribution in [3.63, 3.8) is 0 Å². The van der Waals surface area contributed by atoms with Gasteiger partial charge in [0.15, 0.2) is 0 Å². The summed E-state index contributed by atoms with van der Waals surface area (Å²) in [6.45, 7) is 27.9. The fourth-order valence-corrected chi connectivity index (χ4v) is 5.14. The molecule has 0 unspecified atom stereocenters. The Bertz CT molecular complexity index is 898. The largest absolute Gasteiger partial charge is 0.507 e. The van der Waals surface area contributed by atoms with E-state index < -0.39 is 0 Å². The summed E-state index contributed by atoms with van der Waals surface area (Å²) in [7, 11) is 0. The standard InChI is InChI=1S/C32H54N4O2/c1-9-33(10-2)21-25-17-27(23-35(13-5)14-6)31(37)29(19-25)30-20-26(22-34(11-3)12-4)18-28(32(30)38)24-36(15-7)16-8/h17-20,37-38H,9-16,21-24H2,1-8H3. The van der Waals surface area contributed by atoms with Crippen LogP contribution in [-0.2, 0) is 26.2 Å². The summed E-state index contributed by atoms with van der Waals surface area (Å²) in [5.41, 5.74) is 5.65. The zero-order chi connectivity index (χ0) is 28.2. The van der Waals surface area contributed by atoms with Gasteiger partial charge in [0.25, 0.3) is 0 Å². The van der Waals surface area contributed by atoms with E-state index in [0.29, 0.717) is 13.1 Å². The molecule has 2 N–H and O–H groups in total. The molecular weight excluding hydrogens is 472 g/mol. The Labute approximate surface area is 232 Å². The van der Waals surface area contributed by atoms with Gasteiger partial charge < -0.3 is 10.2 Å². The van der Waals surface area contributed by atoms with Crippen molar-refractivity contribution in [3.8, 4) is 22.6 Å². The summed E-state index contributed by atoms with van der Waals surface area (Å²) in [6, 6.07) is 8.50. The number of aromatic hydroxyl groups is 2. The molecular formula is C32H54N4O2. The Morgan fingerprint density at radius 2 is 0.684 bits per heavy atom. The summed E-state index contributed by atoms with van der Waals surface area (Å²) in [6.07, 6.45) is 0. The highest BCUT2D eigenvalue weighted by Gasteiger charge is 2.21. The van der Waals surface area contributed by atoms with Crippen LogP contribution in [0.4, 0.5) is 0 Å². The van der Waals surface area contributed by atoms with Crippen LogP contribution in [-0.4, -0.2) is 82.2 Å². The second kappa shape index (κ2) is 16.1. The van der Waals surface area contributed by atoms with Crippen LogP contribution in [0.15, 0.2) is 24.3 Å². The van der Waals surface area contributed by atoms with Crippen LogP contribution < -0.4 is 0 Å². The molecule has 0 heterocycles. The molecule has 0 bridgehead atoms.